The van der Waals surface area contributed by atoms with Gasteiger partial charge in [0.15, 0.2) is 0 Å². The standard InChI is InChI=1S/C18H36N2O/c1-4-9-20(12-17-6-7-17)14-18(8-5-10-21-15-18)13-19-11-16(2)3/h16-17,19H,4-15H2,1-3H3. The zero-order valence-electron chi connectivity index (χ0n) is 14.5. The van der Waals surface area contributed by atoms with E-state index < -0.39 is 0 Å². The van der Waals surface area contributed by atoms with Gasteiger partial charge in [-0.1, -0.05) is 20.8 Å². The van der Waals surface area contributed by atoms with Crippen LogP contribution in [0, 0.1) is 17.3 Å². The number of nitrogens with zero attached hydrogens (tertiary/aromatic N) is 1. The Kier molecular flexibility index (Phi) is 6.97. The summed E-state index contributed by atoms with van der Waals surface area (Å²) in [6.07, 6.45) is 6.73. The van der Waals surface area contributed by atoms with Crippen molar-refractivity contribution in [1.29, 1.82) is 0 Å². The van der Waals surface area contributed by atoms with Gasteiger partial charge in [0, 0.05) is 31.7 Å². The second kappa shape index (κ2) is 8.50. The molecule has 1 unspecified atom stereocenters. The zero-order valence-corrected chi connectivity index (χ0v) is 14.5. The third-order valence-electron chi connectivity index (χ3n) is 4.77. The molecule has 1 saturated carbocycles. The Hall–Kier alpha value is -0.120. The molecule has 2 fully saturated rings. The van der Waals surface area contributed by atoms with E-state index in [4.69, 9.17) is 4.74 Å². The fourth-order valence-electron chi connectivity index (χ4n) is 3.55. The van der Waals surface area contributed by atoms with Gasteiger partial charge >= 0.3 is 0 Å². The molecule has 3 heteroatoms. The second-order valence-electron chi connectivity index (χ2n) is 7.86. The van der Waals surface area contributed by atoms with Crippen molar-refractivity contribution in [3.8, 4) is 0 Å². The summed E-state index contributed by atoms with van der Waals surface area (Å²) in [5.41, 5.74) is 0.344. The molecule has 124 valence electrons. The summed E-state index contributed by atoms with van der Waals surface area (Å²) in [4.78, 5) is 2.73. The summed E-state index contributed by atoms with van der Waals surface area (Å²) in [5.74, 6) is 1.71. The number of ether oxygens (including phenoxy) is 1. The molecule has 0 aromatic rings. The Labute approximate surface area is 131 Å². The first kappa shape index (κ1) is 17.2. The Morgan fingerprint density at radius 1 is 1.33 bits per heavy atom. The third-order valence-corrected chi connectivity index (χ3v) is 4.77. The minimum atomic E-state index is 0.344. The van der Waals surface area contributed by atoms with Gasteiger partial charge in [-0.3, -0.25) is 0 Å². The lowest BCUT2D eigenvalue weighted by Gasteiger charge is -2.41. The van der Waals surface area contributed by atoms with Crippen LogP contribution in [-0.2, 0) is 4.74 Å². The number of hydrogen-bond acceptors (Lipinski definition) is 3. The maximum Gasteiger partial charge on any atom is 0.0546 e. The summed E-state index contributed by atoms with van der Waals surface area (Å²) < 4.78 is 5.88. The summed E-state index contributed by atoms with van der Waals surface area (Å²) in [7, 11) is 0. The first-order valence-corrected chi connectivity index (χ1v) is 9.14. The molecule has 0 spiro atoms. The van der Waals surface area contributed by atoms with Gasteiger partial charge in [-0.2, -0.15) is 0 Å². The first-order valence-electron chi connectivity index (χ1n) is 9.14. The van der Waals surface area contributed by atoms with E-state index in [-0.39, 0.29) is 0 Å². The molecule has 0 aromatic carbocycles. The average molecular weight is 296 g/mol. The van der Waals surface area contributed by atoms with Crippen LogP contribution >= 0.6 is 0 Å². The maximum atomic E-state index is 5.88. The predicted octanol–water partition coefficient (Wildman–Crippen LogP) is 3.15. The molecule has 0 aromatic heterocycles. The lowest BCUT2D eigenvalue weighted by Crippen LogP contribution is -2.50. The van der Waals surface area contributed by atoms with E-state index in [1.807, 2.05) is 0 Å². The molecule has 3 nitrogen and oxygen atoms in total. The number of hydrogen-bond donors (Lipinski definition) is 1. The highest BCUT2D eigenvalue weighted by molar-refractivity contribution is 4.89. The van der Waals surface area contributed by atoms with Crippen LogP contribution < -0.4 is 5.32 Å². The molecular weight excluding hydrogens is 260 g/mol. The lowest BCUT2D eigenvalue weighted by molar-refractivity contribution is -0.0271. The van der Waals surface area contributed by atoms with Crippen LogP contribution in [0.15, 0.2) is 0 Å². The average Bonchev–Trinajstić information content (AvgIpc) is 3.23. The summed E-state index contributed by atoms with van der Waals surface area (Å²) in [5, 5.41) is 3.71. The molecule has 1 saturated heterocycles. The van der Waals surface area contributed by atoms with E-state index in [0.29, 0.717) is 5.41 Å². The van der Waals surface area contributed by atoms with Crippen molar-refractivity contribution in [2.45, 2.75) is 52.9 Å². The van der Waals surface area contributed by atoms with Gasteiger partial charge in [0.1, 0.15) is 0 Å². The van der Waals surface area contributed by atoms with Crippen LogP contribution in [0.3, 0.4) is 0 Å². The van der Waals surface area contributed by atoms with Crippen LogP contribution in [0.1, 0.15) is 52.9 Å². The van der Waals surface area contributed by atoms with Crippen LogP contribution in [0.25, 0.3) is 0 Å². The SMILES string of the molecule is CCCN(CC1CC1)CC1(CNCC(C)C)CCCOC1. The van der Waals surface area contributed by atoms with Crippen LogP contribution in [-0.4, -0.2) is 50.8 Å². The quantitative estimate of drug-likeness (QED) is 0.670. The molecule has 1 N–H and O–H groups in total. The molecular formula is C18H36N2O. The second-order valence-corrected chi connectivity index (χ2v) is 7.86. The van der Waals surface area contributed by atoms with Gasteiger partial charge < -0.3 is 15.0 Å². The van der Waals surface area contributed by atoms with Gasteiger partial charge in [0.2, 0.25) is 0 Å². The Morgan fingerprint density at radius 3 is 2.71 bits per heavy atom. The van der Waals surface area contributed by atoms with Crippen molar-refractivity contribution in [3.05, 3.63) is 0 Å². The van der Waals surface area contributed by atoms with Crippen molar-refractivity contribution < 1.29 is 4.74 Å². The van der Waals surface area contributed by atoms with E-state index in [2.05, 4.69) is 31.0 Å². The summed E-state index contributed by atoms with van der Waals surface area (Å²) >= 11 is 0. The van der Waals surface area contributed by atoms with Gasteiger partial charge in [-0.05, 0) is 57.0 Å². The van der Waals surface area contributed by atoms with Gasteiger partial charge in [-0.15, -0.1) is 0 Å². The minimum absolute atomic E-state index is 0.344. The zero-order chi connectivity index (χ0) is 15.1. The van der Waals surface area contributed by atoms with Gasteiger partial charge in [-0.25, -0.2) is 0 Å². The Bertz CT molecular complexity index is 283. The van der Waals surface area contributed by atoms with Crippen molar-refractivity contribution in [2.75, 3.05) is 45.9 Å². The smallest absolute Gasteiger partial charge is 0.0546 e. The van der Waals surface area contributed by atoms with E-state index in [1.54, 1.807) is 0 Å². The molecule has 1 aliphatic carbocycles. The molecule has 1 atom stereocenters. The van der Waals surface area contributed by atoms with Crippen molar-refractivity contribution in [1.82, 2.24) is 10.2 Å². The van der Waals surface area contributed by atoms with Crippen LogP contribution in [0.2, 0.25) is 0 Å². The van der Waals surface area contributed by atoms with Crippen molar-refractivity contribution in [3.63, 3.8) is 0 Å². The molecule has 2 aliphatic rings. The molecule has 2 rings (SSSR count). The largest absolute Gasteiger partial charge is 0.381 e. The summed E-state index contributed by atoms with van der Waals surface area (Å²) in [6, 6.07) is 0. The number of nitrogens with one attached hydrogen (secondary N) is 1. The fraction of sp³-hybridized carbons (Fsp3) is 1.00. The monoisotopic (exact) mass is 296 g/mol. The molecule has 21 heavy (non-hydrogen) atoms. The maximum absolute atomic E-state index is 5.88. The lowest BCUT2D eigenvalue weighted by atomic mass is 9.81. The first-order chi connectivity index (χ1) is 10.1. The number of rotatable bonds is 10. The predicted molar refractivity (Wildman–Crippen MR) is 89.6 cm³/mol. The summed E-state index contributed by atoms with van der Waals surface area (Å²) in [6.45, 7) is 14.8. The normalized spacial score (nSPS) is 26.7. The van der Waals surface area contributed by atoms with Gasteiger partial charge in [0.05, 0.1) is 6.61 Å². The van der Waals surface area contributed by atoms with Crippen LogP contribution in [0.4, 0.5) is 0 Å². The topological polar surface area (TPSA) is 24.5 Å². The molecule has 1 heterocycles. The Morgan fingerprint density at radius 2 is 2.14 bits per heavy atom. The fourth-order valence-corrected chi connectivity index (χ4v) is 3.55. The van der Waals surface area contributed by atoms with E-state index >= 15 is 0 Å². The molecule has 0 bridgehead atoms. The van der Waals surface area contributed by atoms with Gasteiger partial charge in [0.25, 0.3) is 0 Å². The molecule has 1 aliphatic heterocycles. The highest BCUT2D eigenvalue weighted by Gasteiger charge is 2.35. The van der Waals surface area contributed by atoms with E-state index in [0.717, 1.165) is 38.1 Å². The Balaban J connectivity index is 1.88. The van der Waals surface area contributed by atoms with E-state index in [9.17, 15) is 0 Å². The highest BCUT2D eigenvalue weighted by atomic mass is 16.5. The minimum Gasteiger partial charge on any atom is -0.381 e. The third kappa shape index (κ3) is 6.25. The van der Waals surface area contributed by atoms with Crippen LogP contribution in [0.5, 0.6) is 0 Å². The molecule has 0 radical (unpaired) electrons. The van der Waals surface area contributed by atoms with Crippen molar-refractivity contribution >= 4 is 0 Å². The molecule has 0 amide bonds. The van der Waals surface area contributed by atoms with Crippen molar-refractivity contribution in [2.24, 2.45) is 17.3 Å². The highest BCUT2D eigenvalue weighted by Crippen LogP contribution is 2.33. The van der Waals surface area contributed by atoms with E-state index in [1.165, 1.54) is 51.7 Å².